The standard InChI is InChI=1S/C17H25NO2S/c1-4-10-18-16(15(13(3)19)17(20)21)12(2)11-14-8-6-5-7-9-14/h4-9,12-13,15-16,18-19H,1,10-11H2,2-3H3,(H,20,21). The van der Waals surface area contributed by atoms with Crippen LogP contribution >= 0.6 is 12.6 Å². The predicted octanol–water partition coefficient (Wildman–Crippen LogP) is 2.46. The average Bonchev–Trinajstić information content (AvgIpc) is 2.43. The Morgan fingerprint density at radius 2 is 2.00 bits per heavy atom. The van der Waals surface area contributed by atoms with Crippen molar-refractivity contribution in [1.29, 1.82) is 0 Å². The van der Waals surface area contributed by atoms with E-state index < -0.39 is 12.0 Å². The Hall–Kier alpha value is -1.10. The first-order valence-electron chi connectivity index (χ1n) is 7.26. The molecule has 0 bridgehead atoms. The molecule has 2 N–H and O–H groups in total. The smallest absolute Gasteiger partial charge is 0.193 e. The van der Waals surface area contributed by atoms with Crippen molar-refractivity contribution in [1.82, 2.24) is 5.32 Å². The Kier molecular flexibility index (Phi) is 7.72. The Balaban J connectivity index is 2.89. The maximum absolute atomic E-state index is 11.8. The second-order valence-electron chi connectivity index (χ2n) is 5.49. The lowest BCUT2D eigenvalue weighted by Crippen LogP contribution is -2.48. The fourth-order valence-corrected chi connectivity index (χ4v) is 3.05. The summed E-state index contributed by atoms with van der Waals surface area (Å²) in [7, 11) is 0. The summed E-state index contributed by atoms with van der Waals surface area (Å²) < 4.78 is 0. The first kappa shape index (κ1) is 18.0. The SMILES string of the molecule is C=CCNC(C(C)Cc1ccccc1)C(C(=O)S)C(C)O. The minimum Gasteiger partial charge on any atom is -0.393 e. The molecule has 0 aliphatic rings. The Bertz CT molecular complexity index is 447. The van der Waals surface area contributed by atoms with Crippen LogP contribution in [-0.4, -0.2) is 28.9 Å². The molecule has 1 aromatic carbocycles. The lowest BCUT2D eigenvalue weighted by molar-refractivity contribution is -0.118. The lowest BCUT2D eigenvalue weighted by Gasteiger charge is -2.32. The molecule has 4 heteroatoms. The molecule has 0 radical (unpaired) electrons. The third-order valence-electron chi connectivity index (χ3n) is 3.70. The quantitative estimate of drug-likeness (QED) is 0.485. The molecule has 0 fully saturated rings. The summed E-state index contributed by atoms with van der Waals surface area (Å²) in [5, 5.41) is 13.0. The molecule has 116 valence electrons. The largest absolute Gasteiger partial charge is 0.393 e. The zero-order valence-electron chi connectivity index (χ0n) is 12.7. The van der Waals surface area contributed by atoms with Crippen molar-refractivity contribution in [3.05, 3.63) is 48.6 Å². The van der Waals surface area contributed by atoms with Crippen LogP contribution in [0, 0.1) is 11.8 Å². The molecule has 0 saturated heterocycles. The van der Waals surface area contributed by atoms with Crippen molar-refractivity contribution < 1.29 is 9.90 Å². The lowest BCUT2D eigenvalue weighted by atomic mass is 9.83. The van der Waals surface area contributed by atoms with Crippen LogP contribution < -0.4 is 5.32 Å². The van der Waals surface area contributed by atoms with Gasteiger partial charge < -0.3 is 10.4 Å². The maximum atomic E-state index is 11.8. The number of rotatable bonds is 9. The van der Waals surface area contributed by atoms with Crippen LogP contribution in [0.25, 0.3) is 0 Å². The molecule has 1 rings (SSSR count). The summed E-state index contributed by atoms with van der Waals surface area (Å²) in [4.78, 5) is 11.8. The summed E-state index contributed by atoms with van der Waals surface area (Å²) in [6.45, 7) is 8.01. The van der Waals surface area contributed by atoms with Gasteiger partial charge in [0.2, 0.25) is 0 Å². The number of aliphatic hydroxyl groups excluding tert-OH is 1. The highest BCUT2D eigenvalue weighted by Crippen LogP contribution is 2.23. The maximum Gasteiger partial charge on any atom is 0.193 e. The molecule has 0 amide bonds. The zero-order chi connectivity index (χ0) is 15.8. The number of carbonyl (C=O) groups is 1. The zero-order valence-corrected chi connectivity index (χ0v) is 13.6. The van der Waals surface area contributed by atoms with Gasteiger partial charge >= 0.3 is 0 Å². The second-order valence-corrected chi connectivity index (χ2v) is 5.94. The number of carbonyl (C=O) groups excluding carboxylic acids is 1. The van der Waals surface area contributed by atoms with Gasteiger partial charge in [0.15, 0.2) is 5.12 Å². The molecule has 0 aliphatic carbocycles. The van der Waals surface area contributed by atoms with E-state index in [2.05, 4.69) is 43.6 Å². The van der Waals surface area contributed by atoms with Gasteiger partial charge in [-0.2, -0.15) is 0 Å². The molecule has 0 aliphatic heterocycles. The van der Waals surface area contributed by atoms with Crippen LogP contribution in [0.15, 0.2) is 43.0 Å². The molecule has 21 heavy (non-hydrogen) atoms. The number of nitrogens with one attached hydrogen (secondary N) is 1. The number of hydrogen-bond acceptors (Lipinski definition) is 3. The van der Waals surface area contributed by atoms with Crippen LogP contribution in [0.2, 0.25) is 0 Å². The first-order chi connectivity index (χ1) is 9.97. The molecule has 4 unspecified atom stereocenters. The molecule has 0 aromatic heterocycles. The van der Waals surface area contributed by atoms with Crippen molar-refractivity contribution in [2.24, 2.45) is 11.8 Å². The first-order valence-corrected chi connectivity index (χ1v) is 7.71. The molecule has 0 saturated carbocycles. The van der Waals surface area contributed by atoms with E-state index in [1.54, 1.807) is 13.0 Å². The number of aliphatic hydroxyl groups is 1. The normalized spacial score (nSPS) is 16.8. The molecular formula is C17H25NO2S. The molecule has 3 nitrogen and oxygen atoms in total. The monoisotopic (exact) mass is 307 g/mol. The van der Waals surface area contributed by atoms with Crippen LogP contribution in [0.4, 0.5) is 0 Å². The Morgan fingerprint density at radius 1 is 1.38 bits per heavy atom. The van der Waals surface area contributed by atoms with Crippen molar-refractivity contribution in [3.8, 4) is 0 Å². The van der Waals surface area contributed by atoms with E-state index in [-0.39, 0.29) is 17.1 Å². The molecule has 1 aromatic rings. The Labute approximate surface area is 132 Å². The summed E-state index contributed by atoms with van der Waals surface area (Å²) in [6, 6.07) is 9.99. The van der Waals surface area contributed by atoms with Crippen molar-refractivity contribution >= 4 is 17.7 Å². The van der Waals surface area contributed by atoms with Gasteiger partial charge in [0.1, 0.15) is 0 Å². The highest BCUT2D eigenvalue weighted by molar-refractivity contribution is 7.96. The molecule has 0 spiro atoms. The third-order valence-corrected chi connectivity index (χ3v) is 4.00. The predicted molar refractivity (Wildman–Crippen MR) is 90.5 cm³/mol. The van der Waals surface area contributed by atoms with E-state index in [0.29, 0.717) is 6.54 Å². The van der Waals surface area contributed by atoms with Crippen LogP contribution in [-0.2, 0) is 11.2 Å². The van der Waals surface area contributed by atoms with Gasteiger partial charge in [-0.25, -0.2) is 0 Å². The van der Waals surface area contributed by atoms with Crippen molar-refractivity contribution in [3.63, 3.8) is 0 Å². The van der Waals surface area contributed by atoms with Crippen LogP contribution in [0.3, 0.4) is 0 Å². The highest BCUT2D eigenvalue weighted by Gasteiger charge is 2.33. The summed E-state index contributed by atoms with van der Waals surface area (Å²) in [6.07, 6.45) is 1.85. The average molecular weight is 307 g/mol. The van der Waals surface area contributed by atoms with Gasteiger partial charge in [-0.05, 0) is 24.8 Å². The topological polar surface area (TPSA) is 49.3 Å². The van der Waals surface area contributed by atoms with Crippen LogP contribution in [0.1, 0.15) is 19.4 Å². The van der Waals surface area contributed by atoms with Gasteiger partial charge in [0.25, 0.3) is 0 Å². The number of thiol groups is 1. The van der Waals surface area contributed by atoms with Crippen molar-refractivity contribution in [2.75, 3.05) is 6.54 Å². The molecule has 0 heterocycles. The summed E-state index contributed by atoms with van der Waals surface area (Å²) in [5.41, 5.74) is 1.21. The van der Waals surface area contributed by atoms with E-state index >= 15 is 0 Å². The fraction of sp³-hybridized carbons (Fsp3) is 0.471. The molecular weight excluding hydrogens is 282 g/mol. The van der Waals surface area contributed by atoms with Gasteiger partial charge in [0, 0.05) is 12.6 Å². The van der Waals surface area contributed by atoms with E-state index in [1.165, 1.54) is 5.56 Å². The fourth-order valence-electron chi connectivity index (χ4n) is 2.67. The van der Waals surface area contributed by atoms with Gasteiger partial charge in [-0.1, -0.05) is 43.3 Å². The van der Waals surface area contributed by atoms with Crippen molar-refractivity contribution in [2.45, 2.75) is 32.4 Å². The van der Waals surface area contributed by atoms with E-state index in [9.17, 15) is 9.90 Å². The Morgan fingerprint density at radius 3 is 2.48 bits per heavy atom. The van der Waals surface area contributed by atoms with Gasteiger partial charge in [-0.15, -0.1) is 19.2 Å². The summed E-state index contributed by atoms with van der Waals surface area (Å²) in [5.74, 6) is -0.352. The van der Waals surface area contributed by atoms with E-state index in [1.807, 2.05) is 18.2 Å². The number of benzene rings is 1. The van der Waals surface area contributed by atoms with Crippen LogP contribution in [0.5, 0.6) is 0 Å². The minimum absolute atomic E-state index is 0.145. The number of hydrogen-bond donors (Lipinski definition) is 3. The second kappa shape index (κ2) is 9.03. The van der Waals surface area contributed by atoms with Gasteiger partial charge in [0.05, 0.1) is 12.0 Å². The highest BCUT2D eigenvalue weighted by atomic mass is 32.1. The van der Waals surface area contributed by atoms with Gasteiger partial charge in [-0.3, -0.25) is 4.79 Å². The minimum atomic E-state index is -0.740. The molecule has 4 atom stereocenters. The van der Waals surface area contributed by atoms with E-state index in [4.69, 9.17) is 0 Å². The summed E-state index contributed by atoms with van der Waals surface area (Å²) >= 11 is 3.95. The van der Waals surface area contributed by atoms with E-state index in [0.717, 1.165) is 6.42 Å². The third kappa shape index (κ3) is 5.65.